The van der Waals surface area contributed by atoms with Gasteiger partial charge in [-0.15, -0.1) is 0 Å². The number of hydrogen-bond acceptors (Lipinski definition) is 3. The molecule has 0 atom stereocenters. The smallest absolute Gasteiger partial charge is 0.254 e. The van der Waals surface area contributed by atoms with Gasteiger partial charge in [-0.05, 0) is 30.7 Å². The van der Waals surface area contributed by atoms with Crippen molar-refractivity contribution in [2.75, 3.05) is 33.3 Å². The lowest BCUT2D eigenvalue weighted by Crippen LogP contribution is -2.48. The quantitative estimate of drug-likeness (QED) is 0.780. The Labute approximate surface area is 157 Å². The zero-order chi connectivity index (χ0) is 17.8. The molecule has 0 saturated carbocycles. The van der Waals surface area contributed by atoms with Crippen molar-refractivity contribution in [3.63, 3.8) is 0 Å². The van der Waals surface area contributed by atoms with E-state index in [-0.39, 0.29) is 5.91 Å². The fraction of sp³-hybridized carbons (Fsp3) is 0.350. The van der Waals surface area contributed by atoms with E-state index < -0.39 is 0 Å². The lowest BCUT2D eigenvalue weighted by Gasteiger charge is -2.35. The van der Waals surface area contributed by atoms with Crippen LogP contribution >= 0.6 is 15.9 Å². The molecule has 1 fully saturated rings. The number of hydrogen-bond donors (Lipinski definition) is 0. The summed E-state index contributed by atoms with van der Waals surface area (Å²) in [5.74, 6) is 0.857. The zero-order valence-corrected chi connectivity index (χ0v) is 16.3. The fourth-order valence-electron chi connectivity index (χ4n) is 3.21. The molecule has 0 unspecified atom stereocenters. The Hall–Kier alpha value is -1.85. The molecule has 1 aliphatic heterocycles. The van der Waals surface area contributed by atoms with Crippen molar-refractivity contribution in [1.82, 2.24) is 9.80 Å². The number of benzene rings is 2. The molecule has 0 aliphatic carbocycles. The lowest BCUT2D eigenvalue weighted by atomic mass is 10.1. The van der Waals surface area contributed by atoms with E-state index in [1.807, 2.05) is 36.1 Å². The van der Waals surface area contributed by atoms with Gasteiger partial charge in [-0.2, -0.15) is 0 Å². The van der Waals surface area contributed by atoms with Crippen LogP contribution in [0.4, 0.5) is 0 Å². The topological polar surface area (TPSA) is 32.8 Å². The summed E-state index contributed by atoms with van der Waals surface area (Å²) >= 11 is 3.61. The van der Waals surface area contributed by atoms with Gasteiger partial charge < -0.3 is 9.64 Å². The number of rotatable bonds is 4. The molecule has 2 aromatic carbocycles. The summed E-state index contributed by atoms with van der Waals surface area (Å²) in [7, 11) is 1.64. The van der Waals surface area contributed by atoms with Crippen LogP contribution in [-0.4, -0.2) is 49.0 Å². The van der Waals surface area contributed by atoms with Crippen molar-refractivity contribution < 1.29 is 9.53 Å². The molecule has 25 heavy (non-hydrogen) atoms. The van der Waals surface area contributed by atoms with Crippen LogP contribution in [-0.2, 0) is 6.54 Å². The summed E-state index contributed by atoms with van der Waals surface area (Å²) in [4.78, 5) is 17.2. The Balaban J connectivity index is 1.62. The average molecular weight is 403 g/mol. The van der Waals surface area contributed by atoms with E-state index in [2.05, 4.69) is 39.0 Å². The summed E-state index contributed by atoms with van der Waals surface area (Å²) in [6.07, 6.45) is 0. The molecule has 0 aromatic heterocycles. The third-order valence-electron chi connectivity index (χ3n) is 4.75. The minimum atomic E-state index is 0.0944. The van der Waals surface area contributed by atoms with Gasteiger partial charge in [0.25, 0.3) is 5.91 Å². The van der Waals surface area contributed by atoms with Crippen LogP contribution in [0, 0.1) is 6.92 Å². The number of piperazine rings is 1. The van der Waals surface area contributed by atoms with Gasteiger partial charge in [-0.25, -0.2) is 0 Å². The van der Waals surface area contributed by atoms with Gasteiger partial charge in [0.05, 0.1) is 7.11 Å². The standard InChI is InChI=1S/C20H23BrN2O2/c1-15-17(7-5-9-19(15)25-2)20(24)23-12-10-22(11-13-23)14-16-6-3-4-8-18(16)21/h3-9H,10-14H2,1-2H3. The number of carbonyl (C=O) groups is 1. The number of carbonyl (C=O) groups excluding carboxylic acids is 1. The highest BCUT2D eigenvalue weighted by Gasteiger charge is 2.24. The van der Waals surface area contributed by atoms with Crippen LogP contribution in [0.1, 0.15) is 21.5 Å². The molecule has 4 nitrogen and oxygen atoms in total. The van der Waals surface area contributed by atoms with Gasteiger partial charge in [0.15, 0.2) is 0 Å². The number of halogens is 1. The van der Waals surface area contributed by atoms with Crippen LogP contribution in [0.25, 0.3) is 0 Å². The van der Waals surface area contributed by atoms with Crippen molar-refractivity contribution >= 4 is 21.8 Å². The third-order valence-corrected chi connectivity index (χ3v) is 5.52. The normalized spacial score (nSPS) is 15.2. The van der Waals surface area contributed by atoms with Gasteiger partial charge in [-0.1, -0.05) is 40.2 Å². The first-order chi connectivity index (χ1) is 12.1. The Morgan fingerprint density at radius 2 is 1.80 bits per heavy atom. The Morgan fingerprint density at radius 1 is 1.08 bits per heavy atom. The van der Waals surface area contributed by atoms with Gasteiger partial charge in [0.1, 0.15) is 5.75 Å². The van der Waals surface area contributed by atoms with Crippen molar-refractivity contribution in [1.29, 1.82) is 0 Å². The summed E-state index contributed by atoms with van der Waals surface area (Å²) in [6, 6.07) is 14.0. The predicted octanol–water partition coefficient (Wildman–Crippen LogP) is 3.72. The lowest BCUT2D eigenvalue weighted by molar-refractivity contribution is 0.0627. The maximum Gasteiger partial charge on any atom is 0.254 e. The fourth-order valence-corrected chi connectivity index (χ4v) is 3.62. The number of nitrogens with zero attached hydrogens (tertiary/aromatic N) is 2. The molecule has 5 heteroatoms. The van der Waals surface area contributed by atoms with Crippen molar-refractivity contribution in [3.05, 3.63) is 63.6 Å². The van der Waals surface area contributed by atoms with E-state index in [0.29, 0.717) is 0 Å². The summed E-state index contributed by atoms with van der Waals surface area (Å²) in [5.41, 5.74) is 2.93. The van der Waals surface area contributed by atoms with Crippen molar-refractivity contribution in [2.45, 2.75) is 13.5 Å². The van der Waals surface area contributed by atoms with Crippen LogP contribution in [0.2, 0.25) is 0 Å². The van der Waals surface area contributed by atoms with E-state index in [9.17, 15) is 4.79 Å². The van der Waals surface area contributed by atoms with Gasteiger partial charge in [0, 0.05) is 48.3 Å². The number of ether oxygens (including phenoxy) is 1. The Kier molecular flexibility index (Phi) is 5.76. The molecule has 0 radical (unpaired) electrons. The summed E-state index contributed by atoms with van der Waals surface area (Å²) in [6.45, 7) is 6.11. The second-order valence-corrected chi connectivity index (χ2v) is 7.15. The van der Waals surface area contributed by atoms with Gasteiger partial charge >= 0.3 is 0 Å². The third kappa shape index (κ3) is 4.05. The molecular weight excluding hydrogens is 380 g/mol. The molecule has 0 bridgehead atoms. The maximum atomic E-state index is 12.9. The number of methoxy groups -OCH3 is 1. The molecule has 3 rings (SSSR count). The van der Waals surface area contributed by atoms with E-state index in [1.54, 1.807) is 7.11 Å². The van der Waals surface area contributed by atoms with Crippen molar-refractivity contribution in [3.8, 4) is 5.75 Å². The number of amides is 1. The van der Waals surface area contributed by atoms with E-state index in [0.717, 1.165) is 54.1 Å². The molecule has 132 valence electrons. The minimum Gasteiger partial charge on any atom is -0.496 e. The molecule has 1 heterocycles. The highest BCUT2D eigenvalue weighted by Crippen LogP contribution is 2.23. The molecular formula is C20H23BrN2O2. The molecule has 1 amide bonds. The first-order valence-electron chi connectivity index (χ1n) is 8.49. The molecule has 2 aromatic rings. The highest BCUT2D eigenvalue weighted by molar-refractivity contribution is 9.10. The van der Waals surface area contributed by atoms with Crippen molar-refractivity contribution in [2.24, 2.45) is 0 Å². The van der Waals surface area contributed by atoms with Crippen LogP contribution in [0.15, 0.2) is 46.9 Å². The summed E-state index contributed by atoms with van der Waals surface area (Å²) in [5, 5.41) is 0. The molecule has 0 spiro atoms. The van der Waals surface area contributed by atoms with Gasteiger partial charge in [0.2, 0.25) is 0 Å². The first-order valence-corrected chi connectivity index (χ1v) is 9.28. The van der Waals surface area contributed by atoms with Crippen LogP contribution in [0.3, 0.4) is 0 Å². The molecule has 1 aliphatic rings. The second-order valence-electron chi connectivity index (χ2n) is 6.29. The monoisotopic (exact) mass is 402 g/mol. The molecule has 0 N–H and O–H groups in total. The second kappa shape index (κ2) is 8.02. The average Bonchev–Trinajstić information content (AvgIpc) is 2.64. The Bertz CT molecular complexity index is 755. The predicted molar refractivity (Wildman–Crippen MR) is 103 cm³/mol. The largest absolute Gasteiger partial charge is 0.496 e. The zero-order valence-electron chi connectivity index (χ0n) is 14.7. The minimum absolute atomic E-state index is 0.0944. The van der Waals surface area contributed by atoms with Crippen LogP contribution < -0.4 is 4.74 Å². The summed E-state index contributed by atoms with van der Waals surface area (Å²) < 4.78 is 6.47. The first kappa shape index (κ1) is 18.0. The highest BCUT2D eigenvalue weighted by atomic mass is 79.9. The van der Waals surface area contributed by atoms with E-state index >= 15 is 0 Å². The van der Waals surface area contributed by atoms with E-state index in [4.69, 9.17) is 4.74 Å². The molecule has 1 saturated heterocycles. The van der Waals surface area contributed by atoms with Crippen LogP contribution in [0.5, 0.6) is 5.75 Å². The Morgan fingerprint density at radius 3 is 2.48 bits per heavy atom. The maximum absolute atomic E-state index is 12.9. The van der Waals surface area contributed by atoms with E-state index in [1.165, 1.54) is 5.56 Å². The van der Waals surface area contributed by atoms with Gasteiger partial charge in [-0.3, -0.25) is 9.69 Å². The SMILES string of the molecule is COc1cccc(C(=O)N2CCN(Cc3ccccc3Br)CC2)c1C.